The van der Waals surface area contributed by atoms with Crippen molar-refractivity contribution >= 4 is 17.4 Å². The van der Waals surface area contributed by atoms with Gasteiger partial charge < -0.3 is 15.4 Å². The Kier molecular flexibility index (Phi) is 5.36. The summed E-state index contributed by atoms with van der Waals surface area (Å²) in [6.45, 7) is 3.81. The van der Waals surface area contributed by atoms with E-state index in [0.717, 1.165) is 17.5 Å². The monoisotopic (exact) mass is 284 g/mol. The van der Waals surface area contributed by atoms with Crippen molar-refractivity contribution < 1.29 is 4.74 Å². The zero-order valence-corrected chi connectivity index (χ0v) is 12.1. The van der Waals surface area contributed by atoms with E-state index in [1.165, 1.54) is 32.4 Å². The van der Waals surface area contributed by atoms with Gasteiger partial charge in [0.2, 0.25) is 0 Å². The van der Waals surface area contributed by atoms with Crippen LogP contribution in [0.15, 0.2) is 0 Å². The third-order valence-corrected chi connectivity index (χ3v) is 3.79. The first kappa shape index (κ1) is 14.5. The van der Waals surface area contributed by atoms with Crippen molar-refractivity contribution in [2.24, 2.45) is 0 Å². The summed E-state index contributed by atoms with van der Waals surface area (Å²) in [6.07, 6.45) is 5.05. The number of fused-ring (bicyclic) bond motifs is 1. The molecule has 3 rings (SSSR count). The van der Waals surface area contributed by atoms with E-state index in [-0.39, 0.29) is 0 Å². The normalized spacial score (nSPS) is 19.3. The molecule has 0 unspecified atom stereocenters. The molecule has 2 N–H and O–H groups in total. The highest BCUT2D eigenvalue weighted by molar-refractivity contribution is 6.30. The molecule has 0 atom stereocenters. The summed E-state index contributed by atoms with van der Waals surface area (Å²) in [6, 6.07) is 0. The molecule has 1 fully saturated rings. The molecule has 2 aliphatic rings. The van der Waals surface area contributed by atoms with Gasteiger partial charge in [-0.2, -0.15) is 0 Å². The predicted octanol–water partition coefficient (Wildman–Crippen LogP) is 1.89. The number of anilines is 1. The van der Waals surface area contributed by atoms with Crippen molar-refractivity contribution in [1.82, 2.24) is 15.1 Å². The molecular formula is C13H21ClN4O. The topological polar surface area (TPSA) is 64.3 Å². The Labute approximate surface area is 119 Å². The Balaban J connectivity index is 0.000000163. The first-order chi connectivity index (χ1) is 9.18. The van der Waals surface area contributed by atoms with Crippen molar-refractivity contribution in [2.75, 3.05) is 32.5 Å². The maximum atomic E-state index is 5.83. The second kappa shape index (κ2) is 7.03. The molecule has 1 saturated heterocycles. The molecule has 106 valence electrons. The molecule has 0 saturated carbocycles. The van der Waals surface area contributed by atoms with E-state index in [2.05, 4.69) is 22.1 Å². The fraction of sp³-hybridized carbons (Fsp3) is 0.692. The molecule has 0 bridgehead atoms. The summed E-state index contributed by atoms with van der Waals surface area (Å²) >= 11 is 5.83. The quantitative estimate of drug-likeness (QED) is 0.788. The Morgan fingerprint density at radius 3 is 2.47 bits per heavy atom. The number of piperidine rings is 1. The van der Waals surface area contributed by atoms with Crippen LogP contribution in [-0.2, 0) is 17.8 Å². The molecule has 5 nitrogen and oxygen atoms in total. The lowest BCUT2D eigenvalue weighted by atomic mass is 10.1. The van der Waals surface area contributed by atoms with Gasteiger partial charge in [-0.05, 0) is 39.4 Å². The number of likely N-dealkylation sites (tertiary alicyclic amines) is 1. The van der Waals surface area contributed by atoms with Gasteiger partial charge in [-0.15, -0.1) is 10.2 Å². The molecule has 0 aliphatic carbocycles. The zero-order chi connectivity index (χ0) is 13.7. The van der Waals surface area contributed by atoms with Crippen LogP contribution in [0.2, 0.25) is 5.15 Å². The minimum Gasteiger partial charge on any atom is -0.382 e. The van der Waals surface area contributed by atoms with Gasteiger partial charge in [-0.25, -0.2) is 0 Å². The average Bonchev–Trinajstić information content (AvgIpc) is 2.45. The van der Waals surface area contributed by atoms with Crippen LogP contribution in [0.3, 0.4) is 0 Å². The summed E-state index contributed by atoms with van der Waals surface area (Å²) < 4.78 is 5.23. The van der Waals surface area contributed by atoms with Crippen LogP contribution in [-0.4, -0.2) is 41.8 Å². The summed E-state index contributed by atoms with van der Waals surface area (Å²) in [4.78, 5) is 2.39. The van der Waals surface area contributed by atoms with Gasteiger partial charge in [0.1, 0.15) is 0 Å². The zero-order valence-electron chi connectivity index (χ0n) is 11.4. The SMILES string of the molecule is CN1CCCCC1.Nc1nnc(Cl)c2c1COCC2. The minimum absolute atomic E-state index is 0.425. The summed E-state index contributed by atoms with van der Waals surface area (Å²) in [5, 5.41) is 7.88. The van der Waals surface area contributed by atoms with Gasteiger partial charge >= 0.3 is 0 Å². The standard InChI is InChI=1S/C7H8ClN3O.C6H13N/c8-6-4-1-2-12-3-5(4)7(9)11-10-6;1-7-5-3-2-4-6-7/h1-3H2,(H2,9,11);2-6H2,1H3. The van der Waals surface area contributed by atoms with E-state index >= 15 is 0 Å². The molecule has 2 aliphatic heterocycles. The predicted molar refractivity (Wildman–Crippen MR) is 76.2 cm³/mol. The van der Waals surface area contributed by atoms with Gasteiger partial charge in [0.05, 0.1) is 13.2 Å². The summed E-state index contributed by atoms with van der Waals surface area (Å²) in [5.41, 5.74) is 7.47. The van der Waals surface area contributed by atoms with Gasteiger partial charge in [-0.1, -0.05) is 18.0 Å². The maximum absolute atomic E-state index is 5.83. The lowest BCUT2D eigenvalue weighted by Gasteiger charge is -2.20. The fourth-order valence-corrected chi connectivity index (χ4v) is 2.56. The largest absolute Gasteiger partial charge is 0.382 e. The average molecular weight is 285 g/mol. The lowest BCUT2D eigenvalue weighted by molar-refractivity contribution is 0.111. The van der Waals surface area contributed by atoms with Crippen molar-refractivity contribution in [2.45, 2.75) is 32.3 Å². The highest BCUT2D eigenvalue weighted by atomic mass is 35.5. The molecule has 3 heterocycles. The fourth-order valence-electron chi connectivity index (χ4n) is 2.31. The maximum Gasteiger partial charge on any atom is 0.155 e. The number of rotatable bonds is 0. The first-order valence-electron chi connectivity index (χ1n) is 6.74. The number of nitrogen functional groups attached to an aromatic ring is 1. The van der Waals surface area contributed by atoms with Gasteiger partial charge in [0.15, 0.2) is 11.0 Å². The molecule has 1 aromatic heterocycles. The molecule has 0 aromatic carbocycles. The van der Waals surface area contributed by atoms with E-state index in [0.29, 0.717) is 24.2 Å². The van der Waals surface area contributed by atoms with E-state index in [9.17, 15) is 0 Å². The third kappa shape index (κ3) is 4.03. The van der Waals surface area contributed by atoms with Crippen LogP contribution in [0.25, 0.3) is 0 Å². The minimum atomic E-state index is 0.425. The number of hydrogen-bond acceptors (Lipinski definition) is 5. The third-order valence-electron chi connectivity index (χ3n) is 3.49. The van der Waals surface area contributed by atoms with Crippen molar-refractivity contribution in [3.63, 3.8) is 0 Å². The summed E-state index contributed by atoms with van der Waals surface area (Å²) in [7, 11) is 2.19. The number of hydrogen-bond donors (Lipinski definition) is 1. The number of nitrogens with two attached hydrogens (primary N) is 1. The van der Waals surface area contributed by atoms with Crippen LogP contribution < -0.4 is 5.73 Å². The second-order valence-corrected chi connectivity index (χ2v) is 5.36. The van der Waals surface area contributed by atoms with E-state index in [4.69, 9.17) is 22.1 Å². The van der Waals surface area contributed by atoms with Crippen molar-refractivity contribution in [3.8, 4) is 0 Å². The van der Waals surface area contributed by atoms with Crippen LogP contribution >= 0.6 is 11.6 Å². The number of ether oxygens (including phenoxy) is 1. The van der Waals surface area contributed by atoms with Crippen molar-refractivity contribution in [3.05, 3.63) is 16.3 Å². The molecule has 0 amide bonds. The molecule has 19 heavy (non-hydrogen) atoms. The molecule has 6 heteroatoms. The molecular weight excluding hydrogens is 264 g/mol. The lowest BCUT2D eigenvalue weighted by Crippen LogP contribution is -2.24. The van der Waals surface area contributed by atoms with Crippen LogP contribution in [0.4, 0.5) is 5.82 Å². The van der Waals surface area contributed by atoms with Crippen LogP contribution in [0, 0.1) is 0 Å². The van der Waals surface area contributed by atoms with Gasteiger partial charge in [0.25, 0.3) is 0 Å². The number of halogens is 1. The second-order valence-electron chi connectivity index (χ2n) is 5.00. The number of aromatic nitrogens is 2. The molecule has 1 aromatic rings. The molecule has 0 spiro atoms. The Morgan fingerprint density at radius 1 is 1.16 bits per heavy atom. The van der Waals surface area contributed by atoms with E-state index < -0.39 is 0 Å². The van der Waals surface area contributed by atoms with Crippen LogP contribution in [0.5, 0.6) is 0 Å². The molecule has 0 radical (unpaired) electrons. The van der Waals surface area contributed by atoms with E-state index in [1.54, 1.807) is 0 Å². The summed E-state index contributed by atoms with van der Waals surface area (Å²) in [5.74, 6) is 0.425. The van der Waals surface area contributed by atoms with Gasteiger partial charge in [0, 0.05) is 11.1 Å². The number of nitrogens with zero attached hydrogens (tertiary/aromatic N) is 3. The van der Waals surface area contributed by atoms with Crippen molar-refractivity contribution in [1.29, 1.82) is 0 Å². The van der Waals surface area contributed by atoms with Crippen LogP contribution in [0.1, 0.15) is 30.4 Å². The van der Waals surface area contributed by atoms with E-state index in [1.807, 2.05) is 0 Å². The Morgan fingerprint density at radius 2 is 1.89 bits per heavy atom. The smallest absolute Gasteiger partial charge is 0.155 e. The Bertz CT molecular complexity index is 390. The Hall–Kier alpha value is -0.910. The first-order valence-corrected chi connectivity index (χ1v) is 7.12. The highest BCUT2D eigenvalue weighted by Crippen LogP contribution is 2.25. The van der Waals surface area contributed by atoms with Gasteiger partial charge in [-0.3, -0.25) is 0 Å². The highest BCUT2D eigenvalue weighted by Gasteiger charge is 2.17.